The first kappa shape index (κ1) is 9.50. The molecule has 58 valence electrons. The van der Waals surface area contributed by atoms with Gasteiger partial charge in [0.1, 0.15) is 5.75 Å². The number of ether oxygens (including phenoxy) is 1. The number of aryl methyl sites for hydroxylation is 1. The van der Waals surface area contributed by atoms with Crippen LogP contribution in [0.15, 0.2) is 11.4 Å². The molecule has 0 aliphatic rings. The summed E-state index contributed by atoms with van der Waals surface area (Å²) in [5, 5.41) is 2.02. The summed E-state index contributed by atoms with van der Waals surface area (Å²) in [6.45, 7) is 6.05. The van der Waals surface area contributed by atoms with Crippen molar-refractivity contribution in [3.05, 3.63) is 16.3 Å². The molecule has 0 atom stereocenters. The average Bonchev–Trinajstić information content (AvgIpc) is 2.39. The monoisotopic (exact) mass is 158 g/mol. The van der Waals surface area contributed by atoms with Gasteiger partial charge >= 0.3 is 0 Å². The summed E-state index contributed by atoms with van der Waals surface area (Å²) in [5.41, 5.74) is 0. The Bertz CT molecular complexity index is 170. The Kier molecular flexibility index (Phi) is 5.03. The molecule has 0 fully saturated rings. The Morgan fingerprint density at radius 3 is 2.20 bits per heavy atom. The zero-order chi connectivity index (χ0) is 7.98. The van der Waals surface area contributed by atoms with Gasteiger partial charge in [-0.2, -0.15) is 0 Å². The highest BCUT2D eigenvalue weighted by atomic mass is 32.1. The van der Waals surface area contributed by atoms with Crippen molar-refractivity contribution in [3.8, 4) is 5.75 Å². The number of hydrogen-bond donors (Lipinski definition) is 0. The molecule has 1 rings (SSSR count). The van der Waals surface area contributed by atoms with Crippen LogP contribution in [-0.2, 0) is 0 Å². The van der Waals surface area contributed by atoms with E-state index in [4.69, 9.17) is 4.74 Å². The molecule has 0 aliphatic carbocycles. The van der Waals surface area contributed by atoms with Crippen LogP contribution in [-0.4, -0.2) is 7.11 Å². The normalized spacial score (nSPS) is 8.00. The quantitative estimate of drug-likeness (QED) is 0.610. The predicted molar refractivity (Wildman–Crippen MR) is 47.0 cm³/mol. The van der Waals surface area contributed by atoms with Crippen LogP contribution < -0.4 is 4.74 Å². The molecule has 1 aromatic rings. The first-order chi connectivity index (χ1) is 4.84. The van der Waals surface area contributed by atoms with Gasteiger partial charge in [-0.1, -0.05) is 13.8 Å². The minimum Gasteiger partial charge on any atom is -0.496 e. The summed E-state index contributed by atoms with van der Waals surface area (Å²) in [4.78, 5) is 1.24. The van der Waals surface area contributed by atoms with E-state index in [0.717, 1.165) is 5.75 Å². The summed E-state index contributed by atoms with van der Waals surface area (Å²) in [6, 6.07) is 1.97. The van der Waals surface area contributed by atoms with Crippen molar-refractivity contribution >= 4 is 11.3 Å². The van der Waals surface area contributed by atoms with E-state index < -0.39 is 0 Å². The summed E-state index contributed by atoms with van der Waals surface area (Å²) in [5.74, 6) is 0.995. The second kappa shape index (κ2) is 5.30. The number of methoxy groups -OCH3 is 1. The van der Waals surface area contributed by atoms with Gasteiger partial charge in [0.25, 0.3) is 0 Å². The third kappa shape index (κ3) is 2.40. The minimum atomic E-state index is 0.995. The third-order valence-corrected chi connectivity index (χ3v) is 1.86. The van der Waals surface area contributed by atoms with Gasteiger partial charge in [0, 0.05) is 4.88 Å². The average molecular weight is 158 g/mol. The Morgan fingerprint density at radius 2 is 2.00 bits per heavy atom. The molecule has 0 radical (unpaired) electrons. The fourth-order valence-corrected chi connectivity index (χ4v) is 1.25. The maximum absolute atomic E-state index is 5.00. The Hall–Kier alpha value is -0.500. The van der Waals surface area contributed by atoms with Crippen molar-refractivity contribution in [1.82, 2.24) is 0 Å². The largest absolute Gasteiger partial charge is 0.496 e. The lowest BCUT2D eigenvalue weighted by Crippen LogP contribution is -1.78. The van der Waals surface area contributed by atoms with Gasteiger partial charge in [0.2, 0.25) is 0 Å². The van der Waals surface area contributed by atoms with Crippen molar-refractivity contribution in [2.75, 3.05) is 7.11 Å². The van der Waals surface area contributed by atoms with E-state index in [-0.39, 0.29) is 0 Å². The highest BCUT2D eigenvalue weighted by Crippen LogP contribution is 2.21. The molecule has 0 amide bonds. The lowest BCUT2D eigenvalue weighted by atomic mass is 10.5. The molecule has 0 saturated heterocycles. The second-order valence-electron chi connectivity index (χ2n) is 1.55. The van der Waals surface area contributed by atoms with Crippen molar-refractivity contribution in [2.45, 2.75) is 20.8 Å². The Balaban J connectivity index is 0.000000371. The molecule has 10 heavy (non-hydrogen) atoms. The topological polar surface area (TPSA) is 9.23 Å². The molecule has 2 heteroatoms. The fourth-order valence-electron chi connectivity index (χ4n) is 0.585. The van der Waals surface area contributed by atoms with E-state index in [1.54, 1.807) is 18.4 Å². The van der Waals surface area contributed by atoms with Crippen LogP contribution in [0.5, 0.6) is 5.75 Å². The Morgan fingerprint density at radius 1 is 1.40 bits per heavy atom. The first-order valence-corrected chi connectivity index (χ1v) is 4.30. The van der Waals surface area contributed by atoms with E-state index in [1.165, 1.54) is 4.88 Å². The number of rotatable bonds is 1. The van der Waals surface area contributed by atoms with Crippen molar-refractivity contribution < 1.29 is 4.74 Å². The molecule has 1 nitrogen and oxygen atoms in total. The van der Waals surface area contributed by atoms with Crippen molar-refractivity contribution in [2.24, 2.45) is 0 Å². The molecule has 0 aliphatic heterocycles. The second-order valence-corrected chi connectivity index (χ2v) is 2.67. The zero-order valence-electron chi connectivity index (χ0n) is 6.97. The first-order valence-electron chi connectivity index (χ1n) is 3.42. The van der Waals surface area contributed by atoms with E-state index >= 15 is 0 Å². The van der Waals surface area contributed by atoms with Gasteiger partial charge in [0.05, 0.1) is 7.11 Å². The maximum atomic E-state index is 5.00. The lowest BCUT2D eigenvalue weighted by Gasteiger charge is -1.92. The summed E-state index contributed by atoms with van der Waals surface area (Å²) < 4.78 is 5.00. The van der Waals surface area contributed by atoms with Crippen LogP contribution in [0.1, 0.15) is 18.7 Å². The molecule has 0 N–H and O–H groups in total. The van der Waals surface area contributed by atoms with Gasteiger partial charge in [-0.25, -0.2) is 0 Å². The standard InChI is InChI=1S/C6H8OS.C2H6/c1-5-6(7-2)3-4-8-5;1-2/h3-4H,1-2H3;1-2H3. The van der Waals surface area contributed by atoms with E-state index in [2.05, 4.69) is 0 Å². The zero-order valence-corrected chi connectivity index (χ0v) is 7.79. The molecule has 0 aromatic carbocycles. The van der Waals surface area contributed by atoms with Gasteiger partial charge in [-0.05, 0) is 18.4 Å². The number of thiophene rings is 1. The van der Waals surface area contributed by atoms with E-state index in [1.807, 2.05) is 32.2 Å². The molecule has 0 unspecified atom stereocenters. The highest BCUT2D eigenvalue weighted by Gasteiger charge is 1.94. The van der Waals surface area contributed by atoms with E-state index in [0.29, 0.717) is 0 Å². The highest BCUT2D eigenvalue weighted by molar-refractivity contribution is 7.10. The third-order valence-electron chi connectivity index (χ3n) is 1.03. The summed E-state index contributed by atoms with van der Waals surface area (Å²) in [6.07, 6.45) is 0. The Labute approximate surface area is 66.7 Å². The maximum Gasteiger partial charge on any atom is 0.132 e. The smallest absolute Gasteiger partial charge is 0.132 e. The van der Waals surface area contributed by atoms with Crippen LogP contribution in [0, 0.1) is 6.92 Å². The van der Waals surface area contributed by atoms with E-state index in [9.17, 15) is 0 Å². The van der Waals surface area contributed by atoms with Gasteiger partial charge in [-0.3, -0.25) is 0 Å². The number of hydrogen-bond acceptors (Lipinski definition) is 2. The van der Waals surface area contributed by atoms with Gasteiger partial charge < -0.3 is 4.74 Å². The predicted octanol–water partition coefficient (Wildman–Crippen LogP) is 3.09. The lowest BCUT2D eigenvalue weighted by molar-refractivity contribution is 0.414. The van der Waals surface area contributed by atoms with Crippen molar-refractivity contribution in [3.63, 3.8) is 0 Å². The molecular formula is C8H14OS. The minimum absolute atomic E-state index is 0.995. The fraction of sp³-hybridized carbons (Fsp3) is 0.500. The molecule has 0 bridgehead atoms. The molecular weight excluding hydrogens is 144 g/mol. The van der Waals surface area contributed by atoms with Crippen LogP contribution in [0.3, 0.4) is 0 Å². The van der Waals surface area contributed by atoms with Crippen LogP contribution in [0.2, 0.25) is 0 Å². The molecule has 0 saturated carbocycles. The molecule has 1 heterocycles. The summed E-state index contributed by atoms with van der Waals surface area (Å²) in [7, 11) is 1.69. The summed E-state index contributed by atoms with van der Waals surface area (Å²) >= 11 is 1.70. The van der Waals surface area contributed by atoms with Gasteiger partial charge in [0.15, 0.2) is 0 Å². The molecule has 0 spiro atoms. The van der Waals surface area contributed by atoms with Crippen LogP contribution in [0.4, 0.5) is 0 Å². The molecule has 1 aromatic heterocycles. The SMILES string of the molecule is CC.COc1ccsc1C. The van der Waals surface area contributed by atoms with Crippen LogP contribution >= 0.6 is 11.3 Å². The van der Waals surface area contributed by atoms with Crippen molar-refractivity contribution in [1.29, 1.82) is 0 Å². The van der Waals surface area contributed by atoms with Crippen LogP contribution in [0.25, 0.3) is 0 Å². The van der Waals surface area contributed by atoms with Gasteiger partial charge in [-0.15, -0.1) is 11.3 Å².